The Bertz CT molecular complexity index is 690. The van der Waals surface area contributed by atoms with Gasteiger partial charge in [0.2, 0.25) is 0 Å². The van der Waals surface area contributed by atoms with Gasteiger partial charge in [-0.2, -0.15) is 0 Å². The van der Waals surface area contributed by atoms with Gasteiger partial charge in [0, 0.05) is 5.69 Å². The van der Waals surface area contributed by atoms with Crippen LogP contribution < -0.4 is 5.32 Å². The molecule has 0 atom stereocenters. The molecule has 0 aromatic heterocycles. The molecule has 0 aliphatic carbocycles. The summed E-state index contributed by atoms with van der Waals surface area (Å²) in [4.78, 5) is 11.8. The summed E-state index contributed by atoms with van der Waals surface area (Å²) in [7, 11) is 0. The third kappa shape index (κ3) is 4.32. The van der Waals surface area contributed by atoms with E-state index >= 15 is 0 Å². The Balaban J connectivity index is 2.22. The largest absolute Gasteiger partial charge is 0.444 e. The number of nitrogens with one attached hydrogen (secondary N) is 1. The van der Waals surface area contributed by atoms with Crippen molar-refractivity contribution in [1.29, 1.82) is 0 Å². The number of ether oxygens (including phenoxy) is 1. The second kappa shape index (κ2) is 6.18. The molecule has 3 nitrogen and oxygen atoms in total. The average molecular weight is 301 g/mol. The monoisotopic (exact) mass is 301 g/mol. The maximum absolute atomic E-state index is 13.2. The maximum Gasteiger partial charge on any atom is 0.412 e. The van der Waals surface area contributed by atoms with Crippen LogP contribution in [0.4, 0.5) is 14.9 Å². The van der Waals surface area contributed by atoms with Gasteiger partial charge in [0.1, 0.15) is 11.4 Å². The fourth-order valence-electron chi connectivity index (χ4n) is 2.14. The Kier molecular flexibility index (Phi) is 4.50. The molecular weight excluding hydrogens is 281 g/mol. The van der Waals surface area contributed by atoms with E-state index < -0.39 is 11.7 Å². The van der Waals surface area contributed by atoms with E-state index in [1.807, 2.05) is 45.9 Å². The summed E-state index contributed by atoms with van der Waals surface area (Å²) in [6, 6.07) is 12.0. The molecule has 0 radical (unpaired) electrons. The fourth-order valence-corrected chi connectivity index (χ4v) is 2.14. The van der Waals surface area contributed by atoms with E-state index in [1.54, 1.807) is 12.1 Å². The van der Waals surface area contributed by atoms with Gasteiger partial charge in [0.25, 0.3) is 0 Å². The van der Waals surface area contributed by atoms with E-state index in [9.17, 15) is 9.18 Å². The Morgan fingerprint density at radius 2 is 1.86 bits per heavy atom. The van der Waals surface area contributed by atoms with Crippen molar-refractivity contribution in [3.8, 4) is 11.1 Å². The SMILES string of the molecule is Cc1cc(F)ccc1-c1cccc(NC(=O)OC(C)(C)C)c1. The van der Waals surface area contributed by atoms with Crippen molar-refractivity contribution < 1.29 is 13.9 Å². The van der Waals surface area contributed by atoms with Crippen molar-refractivity contribution in [2.24, 2.45) is 0 Å². The minimum Gasteiger partial charge on any atom is -0.444 e. The van der Waals surface area contributed by atoms with Crippen LogP contribution in [0.5, 0.6) is 0 Å². The Labute approximate surface area is 130 Å². The second-order valence-electron chi connectivity index (χ2n) is 6.17. The first-order valence-corrected chi connectivity index (χ1v) is 7.11. The van der Waals surface area contributed by atoms with Gasteiger partial charge >= 0.3 is 6.09 Å². The number of carbonyl (C=O) groups is 1. The van der Waals surface area contributed by atoms with E-state index in [-0.39, 0.29) is 5.82 Å². The number of hydrogen-bond donors (Lipinski definition) is 1. The number of halogens is 1. The van der Waals surface area contributed by atoms with E-state index in [2.05, 4.69) is 5.32 Å². The smallest absolute Gasteiger partial charge is 0.412 e. The first kappa shape index (κ1) is 16.0. The number of rotatable bonds is 2. The lowest BCUT2D eigenvalue weighted by atomic mass is 10.00. The zero-order valence-corrected chi connectivity index (χ0v) is 13.2. The van der Waals surface area contributed by atoms with Gasteiger partial charge in [-0.1, -0.05) is 18.2 Å². The van der Waals surface area contributed by atoms with Crippen LogP contribution >= 0.6 is 0 Å². The minimum absolute atomic E-state index is 0.260. The van der Waals surface area contributed by atoms with Crippen molar-refractivity contribution in [3.05, 3.63) is 53.8 Å². The summed E-state index contributed by atoms with van der Waals surface area (Å²) in [6.45, 7) is 7.28. The van der Waals surface area contributed by atoms with E-state index in [0.717, 1.165) is 16.7 Å². The summed E-state index contributed by atoms with van der Waals surface area (Å²) < 4.78 is 18.4. The quantitative estimate of drug-likeness (QED) is 0.833. The van der Waals surface area contributed by atoms with Gasteiger partial charge in [-0.3, -0.25) is 5.32 Å². The van der Waals surface area contributed by atoms with Crippen molar-refractivity contribution in [1.82, 2.24) is 0 Å². The highest BCUT2D eigenvalue weighted by atomic mass is 19.1. The summed E-state index contributed by atoms with van der Waals surface area (Å²) in [5, 5.41) is 2.70. The van der Waals surface area contributed by atoms with Gasteiger partial charge in [-0.15, -0.1) is 0 Å². The lowest BCUT2D eigenvalue weighted by molar-refractivity contribution is 0.0636. The zero-order chi connectivity index (χ0) is 16.3. The lowest BCUT2D eigenvalue weighted by Gasteiger charge is -2.19. The molecule has 0 aliphatic heterocycles. The maximum atomic E-state index is 13.2. The van der Waals surface area contributed by atoms with Crippen LogP contribution in [-0.2, 0) is 4.74 Å². The predicted molar refractivity (Wildman–Crippen MR) is 86.4 cm³/mol. The lowest BCUT2D eigenvalue weighted by Crippen LogP contribution is -2.27. The Morgan fingerprint density at radius 1 is 1.14 bits per heavy atom. The Morgan fingerprint density at radius 3 is 2.50 bits per heavy atom. The molecule has 4 heteroatoms. The van der Waals surface area contributed by atoms with E-state index in [4.69, 9.17) is 4.74 Å². The van der Waals surface area contributed by atoms with Crippen LogP contribution in [0.15, 0.2) is 42.5 Å². The first-order chi connectivity index (χ1) is 10.2. The van der Waals surface area contributed by atoms with Gasteiger partial charge in [0.15, 0.2) is 0 Å². The predicted octanol–water partition coefficient (Wildman–Crippen LogP) is 5.15. The second-order valence-corrected chi connectivity index (χ2v) is 6.17. The molecular formula is C18H20FNO2. The van der Waals surface area contributed by atoms with Gasteiger partial charge in [0.05, 0.1) is 0 Å². The summed E-state index contributed by atoms with van der Waals surface area (Å²) in [6.07, 6.45) is -0.500. The molecule has 0 spiro atoms. The van der Waals surface area contributed by atoms with Crippen LogP contribution in [-0.4, -0.2) is 11.7 Å². The van der Waals surface area contributed by atoms with Crippen LogP contribution in [0.2, 0.25) is 0 Å². The Hall–Kier alpha value is -2.36. The summed E-state index contributed by atoms with van der Waals surface area (Å²) in [5.41, 5.74) is 2.76. The molecule has 1 amide bonds. The molecule has 0 bridgehead atoms. The third-order valence-corrected chi connectivity index (χ3v) is 3.01. The zero-order valence-electron chi connectivity index (χ0n) is 13.2. The van der Waals surface area contributed by atoms with Crippen molar-refractivity contribution in [3.63, 3.8) is 0 Å². The van der Waals surface area contributed by atoms with Crippen LogP contribution in [0.3, 0.4) is 0 Å². The van der Waals surface area contributed by atoms with Crippen molar-refractivity contribution >= 4 is 11.8 Å². The fraction of sp³-hybridized carbons (Fsp3) is 0.278. The standard InChI is InChI=1S/C18H20FNO2/c1-12-10-14(19)8-9-16(12)13-6-5-7-15(11-13)20-17(21)22-18(2,3)4/h5-11H,1-4H3,(H,20,21). The normalized spacial score (nSPS) is 11.1. The number of benzene rings is 2. The van der Waals surface area contributed by atoms with Crippen molar-refractivity contribution in [2.45, 2.75) is 33.3 Å². The molecule has 1 N–H and O–H groups in total. The highest BCUT2D eigenvalue weighted by molar-refractivity contribution is 5.86. The van der Waals surface area contributed by atoms with Gasteiger partial charge < -0.3 is 4.74 Å². The van der Waals surface area contributed by atoms with Crippen LogP contribution in [0.1, 0.15) is 26.3 Å². The molecule has 0 saturated carbocycles. The van der Waals surface area contributed by atoms with Crippen LogP contribution in [0, 0.1) is 12.7 Å². The molecule has 2 aromatic rings. The summed E-state index contributed by atoms with van der Waals surface area (Å²) >= 11 is 0. The van der Waals surface area contributed by atoms with Crippen molar-refractivity contribution in [2.75, 3.05) is 5.32 Å². The van der Waals surface area contributed by atoms with Gasteiger partial charge in [-0.25, -0.2) is 9.18 Å². The molecule has 22 heavy (non-hydrogen) atoms. The topological polar surface area (TPSA) is 38.3 Å². The van der Waals surface area contributed by atoms with Crippen LogP contribution in [0.25, 0.3) is 11.1 Å². The molecule has 0 unspecified atom stereocenters. The molecule has 0 heterocycles. The highest BCUT2D eigenvalue weighted by Crippen LogP contribution is 2.26. The molecule has 2 rings (SSSR count). The number of hydrogen-bond acceptors (Lipinski definition) is 2. The number of anilines is 1. The number of aryl methyl sites for hydroxylation is 1. The average Bonchev–Trinajstić information content (AvgIpc) is 2.36. The third-order valence-electron chi connectivity index (χ3n) is 3.01. The number of carbonyl (C=O) groups excluding carboxylic acids is 1. The molecule has 0 saturated heterocycles. The van der Waals surface area contributed by atoms with E-state index in [0.29, 0.717) is 5.69 Å². The minimum atomic E-state index is -0.546. The van der Waals surface area contributed by atoms with E-state index in [1.165, 1.54) is 12.1 Å². The van der Waals surface area contributed by atoms with Gasteiger partial charge in [-0.05, 0) is 68.7 Å². The first-order valence-electron chi connectivity index (χ1n) is 7.11. The molecule has 2 aromatic carbocycles. The molecule has 0 aliphatic rings. The molecule has 0 fully saturated rings. The molecule has 116 valence electrons. The summed E-state index contributed by atoms with van der Waals surface area (Å²) in [5.74, 6) is -0.260. The number of amides is 1. The highest BCUT2D eigenvalue weighted by Gasteiger charge is 2.16.